The highest BCUT2D eigenvalue weighted by atomic mass is 19.1. The Morgan fingerprint density at radius 2 is 1.71 bits per heavy atom. The second kappa shape index (κ2) is 5.13. The van der Waals surface area contributed by atoms with E-state index >= 15 is 0 Å². The number of H-pyrrole nitrogens is 1. The number of fused-ring (bicyclic) bond motifs is 5. The number of pyridine rings is 1. The molecule has 4 heteroatoms. The summed E-state index contributed by atoms with van der Waals surface area (Å²) in [6.45, 7) is 0. The molecule has 1 aliphatic carbocycles. The van der Waals surface area contributed by atoms with Crippen LogP contribution in [0.3, 0.4) is 0 Å². The van der Waals surface area contributed by atoms with Crippen LogP contribution in [-0.2, 0) is 12.8 Å². The summed E-state index contributed by atoms with van der Waals surface area (Å²) >= 11 is 0. The molecule has 0 atom stereocenters. The van der Waals surface area contributed by atoms with Crippen LogP contribution in [0.5, 0.6) is 0 Å². The molecule has 2 heterocycles. The lowest BCUT2D eigenvalue weighted by atomic mass is 9.85. The molecule has 0 aliphatic heterocycles. The highest BCUT2D eigenvalue weighted by Gasteiger charge is 2.21. The molecule has 2 aromatic carbocycles. The van der Waals surface area contributed by atoms with Gasteiger partial charge in [-0.15, -0.1) is 0 Å². The molecule has 1 aliphatic rings. The summed E-state index contributed by atoms with van der Waals surface area (Å²) in [4.78, 5) is 4.95. The molecule has 118 valence electrons. The number of aromatic amines is 1. The molecule has 0 saturated heterocycles. The molecular weight excluding hydrogens is 301 g/mol. The van der Waals surface area contributed by atoms with Crippen molar-refractivity contribution in [2.75, 3.05) is 0 Å². The van der Waals surface area contributed by atoms with Crippen molar-refractivity contribution in [2.24, 2.45) is 0 Å². The molecule has 0 spiro atoms. The van der Waals surface area contributed by atoms with Gasteiger partial charge in [0.2, 0.25) is 0 Å². The predicted octanol–water partition coefficient (Wildman–Crippen LogP) is 4.80. The first-order valence-corrected chi connectivity index (χ1v) is 8.35. The molecule has 0 unspecified atom stereocenters. The maximum atomic E-state index is 13.3. The summed E-state index contributed by atoms with van der Waals surface area (Å²) in [7, 11) is 0. The van der Waals surface area contributed by atoms with Gasteiger partial charge in [0, 0.05) is 16.3 Å². The van der Waals surface area contributed by atoms with Gasteiger partial charge in [0.05, 0.1) is 22.9 Å². The van der Waals surface area contributed by atoms with E-state index in [1.165, 1.54) is 41.5 Å². The molecule has 0 fully saturated rings. The highest BCUT2D eigenvalue weighted by Crippen LogP contribution is 2.37. The third-order valence-corrected chi connectivity index (χ3v) is 5.01. The Hall–Kier alpha value is -2.75. The van der Waals surface area contributed by atoms with E-state index in [2.05, 4.69) is 16.3 Å². The van der Waals surface area contributed by atoms with Crippen molar-refractivity contribution in [3.63, 3.8) is 0 Å². The monoisotopic (exact) mass is 317 g/mol. The fourth-order valence-corrected chi connectivity index (χ4v) is 3.89. The molecular formula is C20H16FN3. The molecule has 1 N–H and O–H groups in total. The Kier molecular flexibility index (Phi) is 2.92. The van der Waals surface area contributed by atoms with Crippen molar-refractivity contribution in [2.45, 2.75) is 25.7 Å². The maximum Gasteiger partial charge on any atom is 0.123 e. The fourth-order valence-electron chi connectivity index (χ4n) is 3.89. The molecule has 0 amide bonds. The van der Waals surface area contributed by atoms with E-state index in [0.29, 0.717) is 0 Å². The van der Waals surface area contributed by atoms with Crippen LogP contribution < -0.4 is 0 Å². The molecule has 24 heavy (non-hydrogen) atoms. The first-order chi connectivity index (χ1) is 11.8. The lowest BCUT2D eigenvalue weighted by Gasteiger charge is -2.21. The Morgan fingerprint density at radius 1 is 0.917 bits per heavy atom. The minimum Gasteiger partial charge on any atom is -0.278 e. The van der Waals surface area contributed by atoms with E-state index in [1.54, 1.807) is 0 Å². The van der Waals surface area contributed by atoms with Gasteiger partial charge in [0.25, 0.3) is 0 Å². The van der Waals surface area contributed by atoms with E-state index in [0.717, 1.165) is 40.5 Å². The SMILES string of the molecule is Fc1ccc(-c2nc3ccc4[nH]ncc4c3c3c2CCCC3)cc1. The average molecular weight is 317 g/mol. The number of rotatable bonds is 1. The quantitative estimate of drug-likeness (QED) is 0.548. The number of hydrogen-bond donors (Lipinski definition) is 1. The zero-order chi connectivity index (χ0) is 16.1. The van der Waals surface area contributed by atoms with Gasteiger partial charge in [-0.05, 0) is 73.2 Å². The molecule has 5 rings (SSSR count). The summed E-state index contributed by atoms with van der Waals surface area (Å²) in [6, 6.07) is 10.8. The third kappa shape index (κ3) is 1.96. The van der Waals surface area contributed by atoms with Crippen molar-refractivity contribution < 1.29 is 4.39 Å². The van der Waals surface area contributed by atoms with Crippen LogP contribution in [0.1, 0.15) is 24.0 Å². The molecule has 4 aromatic rings. The number of benzene rings is 2. The summed E-state index contributed by atoms with van der Waals surface area (Å²) in [5.74, 6) is -0.214. The second-order valence-corrected chi connectivity index (χ2v) is 6.42. The number of hydrogen-bond acceptors (Lipinski definition) is 2. The average Bonchev–Trinajstić information content (AvgIpc) is 3.10. The summed E-state index contributed by atoms with van der Waals surface area (Å²) < 4.78 is 13.3. The second-order valence-electron chi connectivity index (χ2n) is 6.42. The van der Waals surface area contributed by atoms with Crippen LogP contribution in [0.25, 0.3) is 33.1 Å². The lowest BCUT2D eigenvalue weighted by molar-refractivity contribution is 0.628. The zero-order valence-corrected chi connectivity index (χ0v) is 13.1. The third-order valence-electron chi connectivity index (χ3n) is 5.01. The van der Waals surface area contributed by atoms with Crippen molar-refractivity contribution in [1.82, 2.24) is 15.2 Å². The Labute approximate surface area is 138 Å². The minimum atomic E-state index is -0.214. The van der Waals surface area contributed by atoms with Gasteiger partial charge in [-0.25, -0.2) is 9.37 Å². The number of nitrogens with one attached hydrogen (secondary N) is 1. The number of aryl methyl sites for hydroxylation is 1. The van der Waals surface area contributed by atoms with Gasteiger partial charge in [0.15, 0.2) is 0 Å². The number of halogens is 1. The molecule has 0 bridgehead atoms. The van der Waals surface area contributed by atoms with E-state index in [9.17, 15) is 4.39 Å². The van der Waals surface area contributed by atoms with E-state index in [4.69, 9.17) is 4.98 Å². The predicted molar refractivity (Wildman–Crippen MR) is 93.4 cm³/mol. The van der Waals surface area contributed by atoms with Gasteiger partial charge in [-0.1, -0.05) is 0 Å². The minimum absolute atomic E-state index is 0.214. The summed E-state index contributed by atoms with van der Waals surface area (Å²) in [5, 5.41) is 9.61. The van der Waals surface area contributed by atoms with Crippen LogP contribution in [0, 0.1) is 5.82 Å². The highest BCUT2D eigenvalue weighted by molar-refractivity contribution is 6.07. The van der Waals surface area contributed by atoms with Crippen LogP contribution in [-0.4, -0.2) is 15.2 Å². The van der Waals surface area contributed by atoms with Gasteiger partial charge in [0.1, 0.15) is 5.82 Å². The standard InChI is InChI=1S/C20H16FN3/c21-13-7-5-12(6-8-13)20-15-4-2-1-3-14(15)19-16-11-22-24-17(16)9-10-18(19)23-20/h5-11H,1-4H2,(H,22,24). The lowest BCUT2D eigenvalue weighted by Crippen LogP contribution is -2.07. The van der Waals surface area contributed by atoms with Gasteiger partial charge >= 0.3 is 0 Å². The molecule has 2 aromatic heterocycles. The van der Waals surface area contributed by atoms with Crippen molar-refractivity contribution in [1.29, 1.82) is 0 Å². The largest absolute Gasteiger partial charge is 0.278 e. The van der Waals surface area contributed by atoms with Crippen molar-refractivity contribution in [3.8, 4) is 11.3 Å². The van der Waals surface area contributed by atoms with Crippen LogP contribution in [0.15, 0.2) is 42.6 Å². The van der Waals surface area contributed by atoms with Crippen molar-refractivity contribution >= 4 is 21.8 Å². The Balaban J connectivity index is 1.88. The van der Waals surface area contributed by atoms with Gasteiger partial charge in [-0.2, -0.15) is 5.10 Å². The molecule has 0 radical (unpaired) electrons. The Bertz CT molecular complexity index is 1060. The van der Waals surface area contributed by atoms with Crippen molar-refractivity contribution in [3.05, 3.63) is 59.5 Å². The topological polar surface area (TPSA) is 41.6 Å². The summed E-state index contributed by atoms with van der Waals surface area (Å²) in [5.41, 5.74) is 6.73. The van der Waals surface area contributed by atoms with Gasteiger partial charge < -0.3 is 0 Å². The van der Waals surface area contributed by atoms with E-state index in [-0.39, 0.29) is 5.82 Å². The molecule has 3 nitrogen and oxygen atoms in total. The zero-order valence-electron chi connectivity index (χ0n) is 13.1. The Morgan fingerprint density at radius 3 is 2.54 bits per heavy atom. The van der Waals surface area contributed by atoms with Gasteiger partial charge in [-0.3, -0.25) is 5.10 Å². The maximum absolute atomic E-state index is 13.3. The number of aromatic nitrogens is 3. The molecule has 0 saturated carbocycles. The summed E-state index contributed by atoms with van der Waals surface area (Å²) in [6.07, 6.45) is 6.36. The first-order valence-electron chi connectivity index (χ1n) is 8.35. The fraction of sp³-hybridized carbons (Fsp3) is 0.200. The smallest absolute Gasteiger partial charge is 0.123 e. The van der Waals surface area contributed by atoms with Crippen LogP contribution >= 0.6 is 0 Å². The van der Waals surface area contributed by atoms with E-state index < -0.39 is 0 Å². The normalized spacial score (nSPS) is 14.2. The first kappa shape index (κ1) is 13.7. The van der Waals surface area contributed by atoms with Crippen LogP contribution in [0.4, 0.5) is 4.39 Å². The number of nitrogens with zero attached hydrogens (tertiary/aromatic N) is 2. The van der Waals surface area contributed by atoms with E-state index in [1.807, 2.05) is 24.4 Å². The van der Waals surface area contributed by atoms with Crippen LogP contribution in [0.2, 0.25) is 0 Å².